The number of allylic oxidation sites excluding steroid dienone is 1. The summed E-state index contributed by atoms with van der Waals surface area (Å²) in [6.45, 7) is 4.72. The van der Waals surface area contributed by atoms with E-state index in [4.69, 9.17) is 9.47 Å². The molecule has 0 saturated carbocycles. The Morgan fingerprint density at radius 2 is 1.82 bits per heavy atom. The summed E-state index contributed by atoms with van der Waals surface area (Å²) in [7, 11) is 0. The number of benzene rings is 4. The molecule has 0 saturated heterocycles. The zero-order valence-electron chi connectivity index (χ0n) is 24.4. The summed E-state index contributed by atoms with van der Waals surface area (Å²) in [6, 6.07) is 23.7. The molecule has 0 bridgehead atoms. The standard InChI is InChI=1S/C36H32F2N2O4/c1-36(2)20-29-35(44-22-36)34(27-17-16-26(19-28(27)38)43-21-24-7-4-3-5-8-24)40(30-9-6-10-31(41)33(30)39-29)32(42)18-13-23-11-14-25(37)15-12-23/h3-19,34,39,41H,20-22H2,1-2H3/b18-13+. The molecule has 44 heavy (non-hydrogen) atoms. The van der Waals surface area contributed by atoms with Crippen molar-refractivity contribution in [1.82, 2.24) is 0 Å². The second kappa shape index (κ2) is 11.9. The van der Waals surface area contributed by atoms with Gasteiger partial charge in [-0.2, -0.15) is 0 Å². The van der Waals surface area contributed by atoms with E-state index in [1.54, 1.807) is 42.5 Å². The second-order valence-electron chi connectivity index (χ2n) is 11.7. The van der Waals surface area contributed by atoms with Gasteiger partial charge in [-0.3, -0.25) is 9.69 Å². The summed E-state index contributed by atoms with van der Waals surface area (Å²) in [6.07, 6.45) is 3.46. The maximum atomic E-state index is 16.2. The summed E-state index contributed by atoms with van der Waals surface area (Å²) < 4.78 is 41.9. The molecule has 0 spiro atoms. The lowest BCUT2D eigenvalue weighted by atomic mass is 9.85. The molecule has 0 radical (unpaired) electrons. The van der Waals surface area contributed by atoms with E-state index in [1.807, 2.05) is 30.3 Å². The van der Waals surface area contributed by atoms with Crippen molar-refractivity contribution >= 4 is 23.4 Å². The van der Waals surface area contributed by atoms with Gasteiger partial charge in [0.25, 0.3) is 5.91 Å². The molecular weight excluding hydrogens is 562 g/mol. The van der Waals surface area contributed by atoms with Crippen LogP contribution < -0.4 is 15.0 Å². The second-order valence-corrected chi connectivity index (χ2v) is 11.7. The maximum Gasteiger partial charge on any atom is 0.252 e. The van der Waals surface area contributed by atoms with Crippen LogP contribution in [0.4, 0.5) is 20.2 Å². The Morgan fingerprint density at radius 3 is 2.57 bits per heavy atom. The van der Waals surface area contributed by atoms with Crippen LogP contribution in [-0.2, 0) is 16.1 Å². The number of halogens is 2. The van der Waals surface area contributed by atoms with Gasteiger partial charge in [-0.15, -0.1) is 0 Å². The molecule has 1 unspecified atom stereocenters. The van der Waals surface area contributed by atoms with Crippen LogP contribution in [0, 0.1) is 17.0 Å². The lowest BCUT2D eigenvalue weighted by molar-refractivity contribution is -0.114. The van der Waals surface area contributed by atoms with Gasteiger partial charge in [0.2, 0.25) is 0 Å². The van der Waals surface area contributed by atoms with E-state index in [2.05, 4.69) is 19.2 Å². The normalized spacial score (nSPS) is 17.3. The van der Waals surface area contributed by atoms with E-state index in [1.165, 1.54) is 35.2 Å². The Morgan fingerprint density at radius 1 is 1.05 bits per heavy atom. The highest BCUT2D eigenvalue weighted by Crippen LogP contribution is 2.49. The van der Waals surface area contributed by atoms with Gasteiger partial charge in [-0.05, 0) is 60.0 Å². The highest BCUT2D eigenvalue weighted by molar-refractivity contribution is 6.07. The number of carbonyl (C=O) groups excluding carboxylic acids is 1. The number of ether oxygens (including phenoxy) is 2. The predicted octanol–water partition coefficient (Wildman–Crippen LogP) is 8.12. The van der Waals surface area contributed by atoms with Gasteiger partial charge in [0.05, 0.1) is 18.0 Å². The van der Waals surface area contributed by atoms with Crippen molar-refractivity contribution in [3.05, 3.63) is 137 Å². The first-order valence-corrected chi connectivity index (χ1v) is 14.4. The van der Waals surface area contributed by atoms with Gasteiger partial charge in [0.1, 0.15) is 47.2 Å². The highest BCUT2D eigenvalue weighted by atomic mass is 19.1. The Balaban J connectivity index is 1.45. The zero-order valence-corrected chi connectivity index (χ0v) is 24.4. The molecule has 6 nitrogen and oxygen atoms in total. The van der Waals surface area contributed by atoms with E-state index in [-0.39, 0.29) is 29.2 Å². The number of fused-ring (bicyclic) bond motifs is 1. The van der Waals surface area contributed by atoms with Crippen LogP contribution in [0.1, 0.15) is 43.0 Å². The van der Waals surface area contributed by atoms with E-state index in [0.717, 1.165) is 5.56 Å². The van der Waals surface area contributed by atoms with Gasteiger partial charge in [-0.1, -0.05) is 62.4 Å². The topological polar surface area (TPSA) is 71.0 Å². The smallest absolute Gasteiger partial charge is 0.252 e. The number of phenols is 1. The number of amides is 1. The zero-order chi connectivity index (χ0) is 30.8. The van der Waals surface area contributed by atoms with Crippen LogP contribution in [0.25, 0.3) is 6.08 Å². The molecule has 0 fully saturated rings. The molecule has 1 amide bonds. The Labute approximate surface area is 254 Å². The Bertz CT molecular complexity index is 1750. The summed E-state index contributed by atoms with van der Waals surface area (Å²) in [5.41, 5.74) is 2.82. The molecule has 2 N–H and O–H groups in total. The third-order valence-electron chi connectivity index (χ3n) is 7.67. The van der Waals surface area contributed by atoms with Crippen molar-refractivity contribution in [2.75, 3.05) is 16.8 Å². The van der Waals surface area contributed by atoms with Crippen LogP contribution in [0.3, 0.4) is 0 Å². The monoisotopic (exact) mass is 594 g/mol. The number of nitrogens with one attached hydrogen (secondary N) is 1. The molecule has 2 heterocycles. The first-order valence-electron chi connectivity index (χ1n) is 14.4. The summed E-state index contributed by atoms with van der Waals surface area (Å²) >= 11 is 0. The van der Waals surface area contributed by atoms with Crippen LogP contribution in [0.5, 0.6) is 11.5 Å². The summed E-state index contributed by atoms with van der Waals surface area (Å²) in [5, 5.41) is 14.2. The number of hydrogen-bond donors (Lipinski definition) is 2. The van der Waals surface area contributed by atoms with Crippen molar-refractivity contribution < 1.29 is 28.2 Å². The summed E-state index contributed by atoms with van der Waals surface area (Å²) in [4.78, 5) is 15.5. The average molecular weight is 595 g/mol. The van der Waals surface area contributed by atoms with Crippen molar-refractivity contribution in [3.63, 3.8) is 0 Å². The first kappa shape index (κ1) is 29.0. The molecule has 0 aromatic heterocycles. The number of nitrogens with zero attached hydrogens (tertiary/aromatic N) is 1. The number of aromatic hydroxyl groups is 1. The van der Waals surface area contributed by atoms with E-state index < -0.39 is 17.8 Å². The molecule has 224 valence electrons. The quantitative estimate of drug-likeness (QED) is 0.174. The summed E-state index contributed by atoms with van der Waals surface area (Å²) in [5.74, 6) is -0.790. The predicted molar refractivity (Wildman–Crippen MR) is 166 cm³/mol. The maximum absolute atomic E-state index is 16.2. The third-order valence-corrected chi connectivity index (χ3v) is 7.67. The molecule has 4 aromatic carbocycles. The lowest BCUT2D eigenvalue weighted by Crippen LogP contribution is -2.38. The van der Waals surface area contributed by atoms with Crippen LogP contribution in [0.15, 0.2) is 109 Å². The molecule has 1 atom stereocenters. The minimum absolute atomic E-state index is 0.0659. The van der Waals surface area contributed by atoms with Crippen LogP contribution in [-0.4, -0.2) is 17.6 Å². The average Bonchev–Trinajstić information content (AvgIpc) is 3.14. The lowest BCUT2D eigenvalue weighted by Gasteiger charge is -2.37. The molecule has 8 heteroatoms. The SMILES string of the molecule is CC1(C)COC2=C(C1)Nc1c(O)cccc1N(C(=O)/C=C/c1ccc(F)cc1)C2c1ccc(OCc2ccccc2)cc1F. The van der Waals surface area contributed by atoms with Gasteiger partial charge < -0.3 is 19.9 Å². The van der Waals surface area contributed by atoms with Crippen LogP contribution >= 0.6 is 0 Å². The fraction of sp³-hybridized carbons (Fsp3) is 0.194. The molecule has 4 aromatic rings. The largest absolute Gasteiger partial charge is 0.506 e. The minimum atomic E-state index is -1.01. The first-order chi connectivity index (χ1) is 21.2. The van der Waals surface area contributed by atoms with Gasteiger partial charge in [0.15, 0.2) is 0 Å². The molecule has 2 aliphatic rings. The highest BCUT2D eigenvalue weighted by Gasteiger charge is 2.42. The minimum Gasteiger partial charge on any atom is -0.506 e. The fourth-order valence-corrected chi connectivity index (χ4v) is 5.50. The van der Waals surface area contributed by atoms with E-state index in [9.17, 15) is 14.3 Å². The number of carbonyl (C=O) groups is 1. The van der Waals surface area contributed by atoms with Crippen molar-refractivity contribution in [2.45, 2.75) is 32.9 Å². The molecule has 0 aliphatic carbocycles. The van der Waals surface area contributed by atoms with Gasteiger partial charge in [-0.25, -0.2) is 8.78 Å². The molecule has 2 aliphatic heterocycles. The number of hydrogen-bond acceptors (Lipinski definition) is 5. The van der Waals surface area contributed by atoms with E-state index in [0.29, 0.717) is 47.2 Å². The van der Waals surface area contributed by atoms with Crippen molar-refractivity contribution in [2.24, 2.45) is 5.41 Å². The van der Waals surface area contributed by atoms with Gasteiger partial charge in [0, 0.05) is 23.1 Å². The number of anilines is 2. The number of rotatable bonds is 6. The van der Waals surface area contributed by atoms with E-state index >= 15 is 4.39 Å². The Kier molecular flexibility index (Phi) is 7.82. The molecular formula is C36H32F2N2O4. The number of para-hydroxylation sites is 1. The van der Waals surface area contributed by atoms with Gasteiger partial charge >= 0.3 is 0 Å². The fourth-order valence-electron chi connectivity index (χ4n) is 5.50. The van der Waals surface area contributed by atoms with Crippen molar-refractivity contribution in [3.8, 4) is 11.5 Å². The van der Waals surface area contributed by atoms with Crippen LogP contribution in [0.2, 0.25) is 0 Å². The number of phenolic OH excluding ortho intramolecular Hbond substituents is 1. The van der Waals surface area contributed by atoms with Crippen molar-refractivity contribution in [1.29, 1.82) is 0 Å². The Hall–Kier alpha value is -5.11. The molecule has 6 rings (SSSR count). The third kappa shape index (κ3) is 6.01.